The molecule has 2 rings (SSSR count). The quantitative estimate of drug-likeness (QED) is 0.667. The molecule has 0 fully saturated rings. The van der Waals surface area contributed by atoms with Gasteiger partial charge in [0.15, 0.2) is 5.75 Å². The first kappa shape index (κ1) is 15.4. The maximum absolute atomic E-state index is 6.16. The zero-order chi connectivity index (χ0) is 15.4. The SMILES string of the molecule is C#CCOc1c(Cl)cc(C=Nn2cc(C)nc2N)cc1Br. The summed E-state index contributed by atoms with van der Waals surface area (Å²) in [5.41, 5.74) is 7.28. The van der Waals surface area contributed by atoms with Gasteiger partial charge in [0.25, 0.3) is 0 Å². The maximum atomic E-state index is 6.16. The van der Waals surface area contributed by atoms with Crippen molar-refractivity contribution in [3.63, 3.8) is 0 Å². The zero-order valence-electron chi connectivity index (χ0n) is 11.2. The number of ether oxygens (including phenoxy) is 1. The number of nitrogen functional groups attached to an aromatic ring is 1. The number of halogens is 2. The van der Waals surface area contributed by atoms with Gasteiger partial charge in [0.2, 0.25) is 5.95 Å². The van der Waals surface area contributed by atoms with Gasteiger partial charge in [-0.25, -0.2) is 9.66 Å². The van der Waals surface area contributed by atoms with Crippen LogP contribution in [0.25, 0.3) is 0 Å². The van der Waals surface area contributed by atoms with Crippen LogP contribution in [0.3, 0.4) is 0 Å². The van der Waals surface area contributed by atoms with Crippen molar-refractivity contribution in [2.24, 2.45) is 5.10 Å². The molecule has 1 aromatic heterocycles. The van der Waals surface area contributed by atoms with Gasteiger partial charge in [-0.2, -0.15) is 5.10 Å². The van der Waals surface area contributed by atoms with Crippen LogP contribution in [0.5, 0.6) is 5.75 Å². The Hall–Kier alpha value is -1.97. The van der Waals surface area contributed by atoms with Crippen LogP contribution in [0.1, 0.15) is 11.3 Å². The highest BCUT2D eigenvalue weighted by molar-refractivity contribution is 9.10. The van der Waals surface area contributed by atoms with Crippen LogP contribution in [0, 0.1) is 19.3 Å². The third-order valence-electron chi connectivity index (χ3n) is 2.49. The molecule has 0 spiro atoms. The number of nitrogens with two attached hydrogens (primary N) is 1. The van der Waals surface area contributed by atoms with Gasteiger partial charge in [-0.3, -0.25) is 0 Å². The summed E-state index contributed by atoms with van der Waals surface area (Å²) in [7, 11) is 0. The Labute approximate surface area is 135 Å². The van der Waals surface area contributed by atoms with Crippen LogP contribution in [0.15, 0.2) is 27.9 Å². The molecule has 0 unspecified atom stereocenters. The van der Waals surface area contributed by atoms with Crippen LogP contribution in [0.2, 0.25) is 5.02 Å². The van der Waals surface area contributed by atoms with Crippen LogP contribution in [-0.2, 0) is 0 Å². The molecule has 2 N–H and O–H groups in total. The van der Waals surface area contributed by atoms with E-state index in [1.807, 2.05) is 13.0 Å². The fourth-order valence-corrected chi connectivity index (χ4v) is 2.62. The minimum atomic E-state index is 0.149. The lowest BCUT2D eigenvalue weighted by atomic mass is 10.2. The van der Waals surface area contributed by atoms with Crippen molar-refractivity contribution in [1.29, 1.82) is 0 Å². The smallest absolute Gasteiger partial charge is 0.221 e. The van der Waals surface area contributed by atoms with Crippen LogP contribution in [0.4, 0.5) is 5.95 Å². The van der Waals surface area contributed by atoms with Crippen molar-refractivity contribution in [2.45, 2.75) is 6.92 Å². The van der Waals surface area contributed by atoms with Gasteiger partial charge in [0, 0.05) is 0 Å². The molecule has 7 heteroatoms. The molecule has 21 heavy (non-hydrogen) atoms. The average molecular weight is 368 g/mol. The van der Waals surface area contributed by atoms with Gasteiger partial charge in [0.1, 0.15) is 6.61 Å². The van der Waals surface area contributed by atoms with E-state index in [9.17, 15) is 0 Å². The third kappa shape index (κ3) is 3.78. The zero-order valence-corrected chi connectivity index (χ0v) is 13.5. The van der Waals surface area contributed by atoms with Crippen molar-refractivity contribution in [3.05, 3.63) is 39.1 Å². The summed E-state index contributed by atoms with van der Waals surface area (Å²) in [5, 5.41) is 4.66. The lowest BCUT2D eigenvalue weighted by Crippen LogP contribution is -1.98. The second-order valence-electron chi connectivity index (χ2n) is 4.14. The van der Waals surface area contributed by atoms with Crippen molar-refractivity contribution in [3.8, 4) is 18.1 Å². The van der Waals surface area contributed by atoms with Crippen molar-refractivity contribution < 1.29 is 4.74 Å². The lowest BCUT2D eigenvalue weighted by Gasteiger charge is -2.08. The Bertz CT molecular complexity index is 710. The minimum absolute atomic E-state index is 0.149. The summed E-state index contributed by atoms with van der Waals surface area (Å²) in [6, 6.07) is 3.54. The van der Waals surface area contributed by atoms with Crippen LogP contribution >= 0.6 is 27.5 Å². The molecular weight excluding hydrogens is 356 g/mol. The maximum Gasteiger partial charge on any atom is 0.221 e. The molecule has 0 aliphatic heterocycles. The Morgan fingerprint density at radius 3 is 2.95 bits per heavy atom. The molecule has 0 saturated heterocycles. The lowest BCUT2D eigenvalue weighted by molar-refractivity contribution is 0.368. The van der Waals surface area contributed by atoms with Crippen molar-refractivity contribution >= 4 is 39.7 Å². The Morgan fingerprint density at radius 2 is 2.38 bits per heavy atom. The van der Waals surface area contributed by atoms with Crippen molar-refractivity contribution in [2.75, 3.05) is 12.3 Å². The molecule has 1 heterocycles. The molecule has 0 amide bonds. The Kier molecular flexibility index (Phi) is 4.89. The Morgan fingerprint density at radius 1 is 1.62 bits per heavy atom. The minimum Gasteiger partial charge on any atom is -0.478 e. The first-order valence-electron chi connectivity index (χ1n) is 5.92. The summed E-state index contributed by atoms with van der Waals surface area (Å²) < 4.78 is 7.54. The van der Waals surface area contributed by atoms with E-state index in [1.54, 1.807) is 18.5 Å². The number of nitrogens with zero attached hydrogens (tertiary/aromatic N) is 3. The number of hydrogen-bond acceptors (Lipinski definition) is 4. The summed E-state index contributed by atoms with van der Waals surface area (Å²) in [5.74, 6) is 3.21. The first-order valence-corrected chi connectivity index (χ1v) is 7.09. The molecule has 0 aliphatic carbocycles. The second-order valence-corrected chi connectivity index (χ2v) is 5.40. The van der Waals surface area contributed by atoms with E-state index in [1.165, 1.54) is 4.68 Å². The van der Waals surface area contributed by atoms with E-state index in [4.69, 9.17) is 28.5 Å². The van der Waals surface area contributed by atoms with Gasteiger partial charge in [-0.05, 0) is 40.5 Å². The van der Waals surface area contributed by atoms with E-state index in [0.717, 1.165) is 11.3 Å². The molecule has 0 atom stereocenters. The topological polar surface area (TPSA) is 65.4 Å². The van der Waals surface area contributed by atoms with Crippen LogP contribution in [-0.4, -0.2) is 22.5 Å². The van der Waals surface area contributed by atoms with E-state index in [0.29, 0.717) is 21.2 Å². The van der Waals surface area contributed by atoms with E-state index < -0.39 is 0 Å². The first-order chi connectivity index (χ1) is 10.0. The predicted octanol–water partition coefficient (Wildman–Crippen LogP) is 3.08. The molecule has 0 radical (unpaired) electrons. The molecule has 5 nitrogen and oxygen atoms in total. The molecular formula is C14H12BrClN4O. The average Bonchev–Trinajstić information content (AvgIpc) is 2.74. The highest BCUT2D eigenvalue weighted by Gasteiger charge is 2.08. The summed E-state index contributed by atoms with van der Waals surface area (Å²) in [4.78, 5) is 4.06. The monoisotopic (exact) mass is 366 g/mol. The normalized spacial score (nSPS) is 10.8. The van der Waals surface area contributed by atoms with Gasteiger partial charge < -0.3 is 10.5 Å². The number of rotatable bonds is 4. The number of aromatic nitrogens is 2. The number of imidazole rings is 1. The number of benzene rings is 1. The number of aryl methyl sites for hydroxylation is 1. The third-order valence-corrected chi connectivity index (χ3v) is 3.36. The highest BCUT2D eigenvalue weighted by atomic mass is 79.9. The number of hydrogen-bond donors (Lipinski definition) is 1. The van der Waals surface area contributed by atoms with Gasteiger partial charge in [-0.15, -0.1) is 6.42 Å². The van der Waals surface area contributed by atoms with E-state index in [2.05, 4.69) is 31.9 Å². The summed E-state index contributed by atoms with van der Waals surface area (Å²) in [6.45, 7) is 1.99. The molecule has 1 aromatic carbocycles. The van der Waals surface area contributed by atoms with Crippen LogP contribution < -0.4 is 10.5 Å². The fraction of sp³-hybridized carbons (Fsp3) is 0.143. The summed E-state index contributed by atoms with van der Waals surface area (Å²) >= 11 is 9.55. The Balaban J connectivity index is 2.26. The molecule has 0 aliphatic rings. The fourth-order valence-electron chi connectivity index (χ4n) is 1.63. The molecule has 2 aromatic rings. The number of terminal acetylenes is 1. The second kappa shape index (κ2) is 6.66. The van der Waals surface area contributed by atoms with Gasteiger partial charge in [-0.1, -0.05) is 17.5 Å². The molecule has 108 valence electrons. The summed E-state index contributed by atoms with van der Waals surface area (Å²) in [6.07, 6.45) is 8.51. The number of anilines is 1. The van der Waals surface area contributed by atoms with E-state index in [-0.39, 0.29) is 6.61 Å². The van der Waals surface area contributed by atoms with E-state index >= 15 is 0 Å². The molecule has 0 bridgehead atoms. The van der Waals surface area contributed by atoms with Gasteiger partial charge in [0.05, 0.1) is 27.6 Å². The standard InChI is InChI=1S/C14H12BrClN4O/c1-3-4-21-13-11(15)5-10(6-12(13)16)7-18-20-8-9(2)19-14(20)17/h1,5-8H,4H2,2H3,(H2,17,19). The van der Waals surface area contributed by atoms with Crippen molar-refractivity contribution in [1.82, 2.24) is 9.66 Å². The highest BCUT2D eigenvalue weighted by Crippen LogP contribution is 2.34. The van der Waals surface area contributed by atoms with Gasteiger partial charge >= 0.3 is 0 Å². The largest absolute Gasteiger partial charge is 0.478 e. The molecule has 0 saturated carbocycles. The predicted molar refractivity (Wildman–Crippen MR) is 87.8 cm³/mol.